The molecule has 1 unspecified atom stereocenters. The third kappa shape index (κ3) is 3.52. The zero-order valence-corrected chi connectivity index (χ0v) is 11.5. The monoisotopic (exact) mass is 262 g/mol. The van der Waals surface area contributed by atoms with E-state index in [1.165, 1.54) is 0 Å². The fourth-order valence-corrected chi connectivity index (χ4v) is 2.59. The van der Waals surface area contributed by atoms with Crippen LogP contribution < -0.4 is 5.73 Å². The molecule has 0 radical (unpaired) electrons. The van der Waals surface area contributed by atoms with E-state index in [0.29, 0.717) is 6.54 Å². The van der Waals surface area contributed by atoms with Crippen LogP contribution in [0, 0.1) is 0 Å². The summed E-state index contributed by atoms with van der Waals surface area (Å²) >= 11 is 0. The number of aromatic nitrogens is 1. The molecular formula is C14H22N4O. The molecule has 104 valence electrons. The molecule has 1 aromatic rings. The number of carbonyl (C=O) groups excluding carboxylic acids is 1. The van der Waals surface area contributed by atoms with E-state index in [9.17, 15) is 4.79 Å². The molecule has 0 bridgehead atoms. The Morgan fingerprint density at radius 1 is 1.37 bits per heavy atom. The van der Waals surface area contributed by atoms with Gasteiger partial charge in [0.1, 0.15) is 0 Å². The first-order chi connectivity index (χ1) is 9.22. The van der Waals surface area contributed by atoms with Crippen LogP contribution in [0.15, 0.2) is 24.4 Å². The lowest BCUT2D eigenvalue weighted by atomic mass is 10.1. The van der Waals surface area contributed by atoms with E-state index in [0.717, 1.165) is 38.3 Å². The van der Waals surface area contributed by atoms with Crippen molar-refractivity contribution in [1.29, 1.82) is 0 Å². The summed E-state index contributed by atoms with van der Waals surface area (Å²) in [6, 6.07) is 6.07. The maximum absolute atomic E-state index is 11.4. The maximum Gasteiger partial charge on any atom is 0.219 e. The van der Waals surface area contributed by atoms with Crippen LogP contribution in [-0.2, 0) is 4.79 Å². The molecule has 1 aliphatic rings. The second-order valence-corrected chi connectivity index (χ2v) is 4.90. The van der Waals surface area contributed by atoms with Crippen LogP contribution in [0.3, 0.4) is 0 Å². The summed E-state index contributed by atoms with van der Waals surface area (Å²) in [4.78, 5) is 20.1. The van der Waals surface area contributed by atoms with E-state index in [-0.39, 0.29) is 11.9 Å². The molecule has 2 rings (SSSR count). The number of carbonyl (C=O) groups is 1. The fraction of sp³-hybridized carbons (Fsp3) is 0.571. The average molecular weight is 262 g/mol. The first-order valence-corrected chi connectivity index (χ1v) is 6.83. The molecular weight excluding hydrogens is 240 g/mol. The molecule has 0 spiro atoms. The quantitative estimate of drug-likeness (QED) is 0.868. The van der Waals surface area contributed by atoms with Crippen molar-refractivity contribution >= 4 is 5.91 Å². The summed E-state index contributed by atoms with van der Waals surface area (Å²) in [5, 5.41) is 0. The third-order valence-electron chi connectivity index (χ3n) is 3.67. The smallest absolute Gasteiger partial charge is 0.219 e. The molecule has 2 heterocycles. The summed E-state index contributed by atoms with van der Waals surface area (Å²) in [7, 11) is 0. The van der Waals surface area contributed by atoms with Crippen molar-refractivity contribution in [2.24, 2.45) is 5.73 Å². The molecule has 1 fully saturated rings. The minimum atomic E-state index is 0.146. The second-order valence-electron chi connectivity index (χ2n) is 4.90. The number of hydrogen-bond donors (Lipinski definition) is 1. The van der Waals surface area contributed by atoms with Gasteiger partial charge in [0.05, 0.1) is 11.7 Å². The van der Waals surface area contributed by atoms with Gasteiger partial charge in [0.15, 0.2) is 0 Å². The van der Waals surface area contributed by atoms with Crippen LogP contribution in [-0.4, -0.2) is 53.4 Å². The van der Waals surface area contributed by atoms with Gasteiger partial charge >= 0.3 is 0 Å². The van der Waals surface area contributed by atoms with Gasteiger partial charge in [0, 0.05) is 45.8 Å². The van der Waals surface area contributed by atoms with Crippen LogP contribution in [0.2, 0.25) is 0 Å². The Morgan fingerprint density at radius 3 is 2.84 bits per heavy atom. The molecule has 5 nitrogen and oxygen atoms in total. The van der Waals surface area contributed by atoms with E-state index in [2.05, 4.69) is 9.88 Å². The lowest BCUT2D eigenvalue weighted by molar-refractivity contribution is -0.128. The van der Waals surface area contributed by atoms with Crippen molar-refractivity contribution in [2.75, 3.05) is 32.7 Å². The van der Waals surface area contributed by atoms with E-state index in [1.807, 2.05) is 23.1 Å². The van der Waals surface area contributed by atoms with Crippen molar-refractivity contribution < 1.29 is 4.79 Å². The van der Waals surface area contributed by atoms with Gasteiger partial charge in [0.25, 0.3) is 0 Å². The first-order valence-electron chi connectivity index (χ1n) is 6.83. The summed E-state index contributed by atoms with van der Waals surface area (Å²) in [6.07, 6.45) is 2.79. The van der Waals surface area contributed by atoms with Gasteiger partial charge in [-0.2, -0.15) is 0 Å². The summed E-state index contributed by atoms with van der Waals surface area (Å²) in [6.45, 7) is 5.62. The van der Waals surface area contributed by atoms with Gasteiger partial charge in [-0.3, -0.25) is 14.7 Å². The third-order valence-corrected chi connectivity index (χ3v) is 3.67. The highest BCUT2D eigenvalue weighted by Crippen LogP contribution is 2.19. The fourth-order valence-electron chi connectivity index (χ4n) is 2.59. The van der Waals surface area contributed by atoms with Gasteiger partial charge in [0.2, 0.25) is 5.91 Å². The molecule has 0 aromatic carbocycles. The Hall–Kier alpha value is -1.46. The van der Waals surface area contributed by atoms with Crippen molar-refractivity contribution in [3.8, 4) is 0 Å². The molecule has 19 heavy (non-hydrogen) atoms. The number of hydrogen-bond acceptors (Lipinski definition) is 4. The molecule has 1 amide bonds. The summed E-state index contributed by atoms with van der Waals surface area (Å²) in [5.41, 5.74) is 6.93. The standard InChI is InChI=1S/C14H22N4O/c1-12(19)17-7-4-8-18(10-9-17)14(11-15)13-5-2-3-6-16-13/h2-3,5-6,14H,4,7-11,15H2,1H3. The van der Waals surface area contributed by atoms with E-state index in [4.69, 9.17) is 5.73 Å². The molecule has 1 aliphatic heterocycles. The maximum atomic E-state index is 11.4. The Kier molecular flexibility index (Phi) is 4.87. The minimum absolute atomic E-state index is 0.146. The Morgan fingerprint density at radius 2 is 2.21 bits per heavy atom. The Bertz CT molecular complexity index is 409. The van der Waals surface area contributed by atoms with Crippen LogP contribution in [0.4, 0.5) is 0 Å². The highest BCUT2D eigenvalue weighted by molar-refractivity contribution is 5.73. The predicted molar refractivity (Wildman–Crippen MR) is 74.5 cm³/mol. The molecule has 5 heteroatoms. The molecule has 0 saturated carbocycles. The van der Waals surface area contributed by atoms with Gasteiger partial charge in [-0.1, -0.05) is 6.07 Å². The molecule has 1 atom stereocenters. The predicted octanol–water partition coefficient (Wildman–Crippen LogP) is 0.636. The number of pyridine rings is 1. The van der Waals surface area contributed by atoms with Crippen LogP contribution >= 0.6 is 0 Å². The van der Waals surface area contributed by atoms with E-state index < -0.39 is 0 Å². The number of nitrogens with two attached hydrogens (primary N) is 1. The van der Waals surface area contributed by atoms with Gasteiger partial charge in [-0.05, 0) is 18.6 Å². The SMILES string of the molecule is CC(=O)N1CCCN(C(CN)c2ccccn2)CC1. The van der Waals surface area contributed by atoms with Gasteiger partial charge in [-0.25, -0.2) is 0 Å². The summed E-state index contributed by atoms with van der Waals surface area (Å²) < 4.78 is 0. The first kappa shape index (κ1) is 14.0. The Labute approximate surface area is 114 Å². The topological polar surface area (TPSA) is 62.5 Å². The van der Waals surface area contributed by atoms with Crippen molar-refractivity contribution in [2.45, 2.75) is 19.4 Å². The average Bonchev–Trinajstić information content (AvgIpc) is 2.67. The Balaban J connectivity index is 2.06. The molecule has 2 N–H and O–H groups in total. The number of amides is 1. The number of nitrogens with zero attached hydrogens (tertiary/aromatic N) is 3. The largest absolute Gasteiger partial charge is 0.342 e. The lowest BCUT2D eigenvalue weighted by Gasteiger charge is -2.29. The summed E-state index contributed by atoms with van der Waals surface area (Å²) in [5.74, 6) is 0.156. The zero-order chi connectivity index (χ0) is 13.7. The second kappa shape index (κ2) is 6.63. The van der Waals surface area contributed by atoms with Crippen molar-refractivity contribution in [1.82, 2.24) is 14.8 Å². The minimum Gasteiger partial charge on any atom is -0.342 e. The van der Waals surface area contributed by atoms with Gasteiger partial charge in [-0.15, -0.1) is 0 Å². The van der Waals surface area contributed by atoms with Crippen LogP contribution in [0.5, 0.6) is 0 Å². The zero-order valence-electron chi connectivity index (χ0n) is 11.5. The van der Waals surface area contributed by atoms with Crippen LogP contribution in [0.1, 0.15) is 25.1 Å². The van der Waals surface area contributed by atoms with Crippen molar-refractivity contribution in [3.63, 3.8) is 0 Å². The highest BCUT2D eigenvalue weighted by Gasteiger charge is 2.23. The number of rotatable bonds is 3. The van der Waals surface area contributed by atoms with Gasteiger partial charge < -0.3 is 10.6 Å². The van der Waals surface area contributed by atoms with Crippen LogP contribution in [0.25, 0.3) is 0 Å². The molecule has 1 saturated heterocycles. The molecule has 0 aliphatic carbocycles. The van der Waals surface area contributed by atoms with E-state index in [1.54, 1.807) is 13.1 Å². The molecule has 1 aromatic heterocycles. The lowest BCUT2D eigenvalue weighted by Crippen LogP contribution is -2.38. The van der Waals surface area contributed by atoms with Crippen molar-refractivity contribution in [3.05, 3.63) is 30.1 Å². The normalized spacial score (nSPS) is 18.9. The van der Waals surface area contributed by atoms with E-state index >= 15 is 0 Å². The highest BCUT2D eigenvalue weighted by atomic mass is 16.2.